The summed E-state index contributed by atoms with van der Waals surface area (Å²) in [4.78, 5) is 2.49. The molecule has 3 nitrogen and oxygen atoms in total. The summed E-state index contributed by atoms with van der Waals surface area (Å²) >= 11 is 2.03. The third-order valence-corrected chi connectivity index (χ3v) is 5.98. The zero-order valence-electron chi connectivity index (χ0n) is 11.4. The van der Waals surface area contributed by atoms with Crippen LogP contribution in [0.1, 0.15) is 39.0 Å². The van der Waals surface area contributed by atoms with Gasteiger partial charge in [-0.05, 0) is 31.4 Å². The van der Waals surface area contributed by atoms with Crippen molar-refractivity contribution in [3.8, 4) is 0 Å². The number of hydrogen-bond acceptors (Lipinski definition) is 4. The van der Waals surface area contributed by atoms with Crippen LogP contribution in [0.3, 0.4) is 0 Å². The maximum Gasteiger partial charge on any atom is 0.0900 e. The van der Waals surface area contributed by atoms with Gasteiger partial charge in [0.15, 0.2) is 0 Å². The van der Waals surface area contributed by atoms with Gasteiger partial charge in [0.25, 0.3) is 0 Å². The minimum absolute atomic E-state index is 0.173. The fraction of sp³-hybridized carbons (Fsp3) is 1.00. The smallest absolute Gasteiger partial charge is 0.0900 e. The molecule has 1 N–H and O–H groups in total. The second-order valence-corrected chi connectivity index (χ2v) is 7.47. The molecule has 0 bridgehead atoms. The van der Waals surface area contributed by atoms with E-state index < -0.39 is 0 Å². The van der Waals surface area contributed by atoms with Gasteiger partial charge in [0.1, 0.15) is 0 Å². The van der Waals surface area contributed by atoms with Crippen molar-refractivity contribution in [2.75, 3.05) is 31.2 Å². The Morgan fingerprint density at radius 2 is 2.28 bits per heavy atom. The Kier molecular flexibility index (Phi) is 3.65. The number of aliphatic hydroxyl groups is 1. The third-order valence-electron chi connectivity index (χ3n) is 4.76. The van der Waals surface area contributed by atoms with Crippen LogP contribution in [0.25, 0.3) is 0 Å². The van der Waals surface area contributed by atoms with Gasteiger partial charge in [-0.3, -0.25) is 4.90 Å². The third kappa shape index (κ3) is 2.45. The monoisotopic (exact) mass is 271 g/mol. The molecule has 0 saturated carbocycles. The van der Waals surface area contributed by atoms with E-state index in [2.05, 4.69) is 11.8 Å². The average Bonchev–Trinajstić information content (AvgIpc) is 2.74. The predicted octanol–water partition coefficient (Wildman–Crippen LogP) is 1.89. The van der Waals surface area contributed by atoms with Gasteiger partial charge in [-0.15, -0.1) is 0 Å². The van der Waals surface area contributed by atoms with Crippen molar-refractivity contribution < 1.29 is 9.84 Å². The number of rotatable bonds is 3. The molecule has 1 spiro atoms. The summed E-state index contributed by atoms with van der Waals surface area (Å²) in [5.41, 5.74) is -0.212. The first kappa shape index (κ1) is 13.2. The van der Waals surface area contributed by atoms with Crippen molar-refractivity contribution in [3.63, 3.8) is 0 Å². The quantitative estimate of drug-likeness (QED) is 0.850. The molecule has 104 valence electrons. The van der Waals surface area contributed by atoms with E-state index in [0.717, 1.165) is 39.0 Å². The van der Waals surface area contributed by atoms with Crippen LogP contribution in [0.4, 0.5) is 0 Å². The van der Waals surface area contributed by atoms with E-state index >= 15 is 0 Å². The summed E-state index contributed by atoms with van der Waals surface area (Å²) < 4.78 is 6.06. The molecular weight excluding hydrogens is 246 g/mol. The molecule has 2 atom stereocenters. The van der Waals surface area contributed by atoms with E-state index in [4.69, 9.17) is 4.74 Å². The molecule has 0 aliphatic carbocycles. The summed E-state index contributed by atoms with van der Waals surface area (Å²) in [6, 6.07) is 0.648. The zero-order chi connectivity index (χ0) is 12.6. The highest BCUT2D eigenvalue weighted by Crippen LogP contribution is 2.41. The van der Waals surface area contributed by atoms with Crippen LogP contribution in [-0.2, 0) is 4.74 Å². The van der Waals surface area contributed by atoms with E-state index in [1.165, 1.54) is 24.3 Å². The van der Waals surface area contributed by atoms with Gasteiger partial charge in [0, 0.05) is 31.5 Å². The number of β-amino-alcohol motifs (C(OH)–C–C–N with tert-alkyl or cyclic N) is 1. The molecule has 0 amide bonds. The van der Waals surface area contributed by atoms with Crippen molar-refractivity contribution in [2.24, 2.45) is 0 Å². The molecule has 0 aromatic heterocycles. The Morgan fingerprint density at radius 3 is 2.94 bits per heavy atom. The lowest BCUT2D eigenvalue weighted by Crippen LogP contribution is -2.66. The van der Waals surface area contributed by atoms with Gasteiger partial charge in [-0.25, -0.2) is 0 Å². The van der Waals surface area contributed by atoms with Crippen LogP contribution in [0, 0.1) is 0 Å². The molecule has 0 aromatic carbocycles. The Morgan fingerprint density at radius 1 is 1.44 bits per heavy atom. The van der Waals surface area contributed by atoms with Crippen LogP contribution in [0.5, 0.6) is 0 Å². The van der Waals surface area contributed by atoms with Crippen molar-refractivity contribution in [3.05, 3.63) is 0 Å². The molecule has 3 aliphatic rings. The largest absolute Gasteiger partial charge is 0.387 e. The Labute approximate surface area is 114 Å². The zero-order valence-corrected chi connectivity index (χ0v) is 12.2. The van der Waals surface area contributed by atoms with Crippen molar-refractivity contribution in [2.45, 2.75) is 56.3 Å². The molecule has 3 saturated heterocycles. The molecule has 0 aromatic rings. The first-order valence-corrected chi connectivity index (χ1v) is 8.48. The average molecular weight is 271 g/mol. The molecule has 2 unspecified atom stereocenters. The second kappa shape index (κ2) is 4.97. The summed E-state index contributed by atoms with van der Waals surface area (Å²) in [5, 5.41) is 10.3. The fourth-order valence-electron chi connectivity index (χ4n) is 3.77. The second-order valence-electron chi connectivity index (χ2n) is 6.36. The molecule has 3 rings (SSSR count). The maximum atomic E-state index is 10.3. The van der Waals surface area contributed by atoms with Gasteiger partial charge in [0.05, 0.1) is 11.2 Å². The predicted molar refractivity (Wildman–Crippen MR) is 75.1 cm³/mol. The summed E-state index contributed by atoms with van der Waals surface area (Å²) in [7, 11) is 0. The van der Waals surface area contributed by atoms with E-state index in [1.54, 1.807) is 0 Å². The molecule has 18 heavy (non-hydrogen) atoms. The van der Waals surface area contributed by atoms with Crippen molar-refractivity contribution in [1.29, 1.82) is 0 Å². The highest BCUT2D eigenvalue weighted by atomic mass is 32.2. The topological polar surface area (TPSA) is 32.7 Å². The van der Waals surface area contributed by atoms with Gasteiger partial charge in [0.2, 0.25) is 0 Å². The van der Waals surface area contributed by atoms with E-state index in [-0.39, 0.29) is 11.2 Å². The highest BCUT2D eigenvalue weighted by molar-refractivity contribution is 7.99. The Hall–Kier alpha value is 0.230. The van der Waals surface area contributed by atoms with Gasteiger partial charge >= 0.3 is 0 Å². The van der Waals surface area contributed by atoms with Crippen LogP contribution < -0.4 is 0 Å². The first-order valence-electron chi connectivity index (χ1n) is 7.33. The standard InChI is InChI=1S/C14H25NO2S/c1-2-4-13(16)9-15(10-13)12-3-6-17-14(8-12)5-7-18-11-14/h12,16H,2-11H2,1H3. The Bertz CT molecular complexity index is 298. The van der Waals surface area contributed by atoms with Gasteiger partial charge in [-0.1, -0.05) is 13.3 Å². The first-order chi connectivity index (χ1) is 8.65. The SMILES string of the molecule is CCCC1(O)CN(C2CCOC3(CCSC3)C2)C1. The summed E-state index contributed by atoms with van der Waals surface area (Å²) in [5.74, 6) is 2.43. The molecule has 3 fully saturated rings. The van der Waals surface area contributed by atoms with Crippen molar-refractivity contribution in [1.82, 2.24) is 4.90 Å². The van der Waals surface area contributed by atoms with Crippen LogP contribution in [0.2, 0.25) is 0 Å². The number of ether oxygens (including phenoxy) is 1. The number of likely N-dealkylation sites (tertiary alicyclic amines) is 1. The van der Waals surface area contributed by atoms with E-state index in [0.29, 0.717) is 6.04 Å². The number of nitrogens with zero attached hydrogens (tertiary/aromatic N) is 1. The lowest BCUT2D eigenvalue weighted by molar-refractivity contribution is -0.156. The normalized spacial score (nSPS) is 40.0. The fourth-order valence-corrected chi connectivity index (χ4v) is 5.15. The minimum Gasteiger partial charge on any atom is -0.387 e. The van der Waals surface area contributed by atoms with E-state index in [9.17, 15) is 5.11 Å². The molecule has 3 aliphatic heterocycles. The lowest BCUT2D eigenvalue weighted by Gasteiger charge is -2.53. The van der Waals surface area contributed by atoms with Crippen LogP contribution in [-0.4, -0.2) is 58.5 Å². The van der Waals surface area contributed by atoms with Crippen molar-refractivity contribution >= 4 is 11.8 Å². The summed E-state index contributed by atoms with van der Waals surface area (Å²) in [6.45, 7) is 4.83. The minimum atomic E-state index is -0.384. The lowest BCUT2D eigenvalue weighted by atomic mass is 9.83. The number of thioether (sulfide) groups is 1. The highest BCUT2D eigenvalue weighted by Gasteiger charge is 2.48. The van der Waals surface area contributed by atoms with Gasteiger partial charge in [-0.2, -0.15) is 11.8 Å². The molecule has 3 heterocycles. The van der Waals surface area contributed by atoms with Crippen LogP contribution in [0.15, 0.2) is 0 Å². The maximum absolute atomic E-state index is 10.3. The molecule has 0 radical (unpaired) electrons. The Balaban J connectivity index is 1.55. The number of hydrogen-bond donors (Lipinski definition) is 1. The van der Waals surface area contributed by atoms with E-state index in [1.807, 2.05) is 11.8 Å². The van der Waals surface area contributed by atoms with Gasteiger partial charge < -0.3 is 9.84 Å². The molecular formula is C14H25NO2S. The molecule has 4 heteroatoms. The summed E-state index contributed by atoms with van der Waals surface area (Å²) in [6.07, 6.45) is 5.59. The van der Waals surface area contributed by atoms with Crippen LogP contribution >= 0.6 is 11.8 Å².